The first-order valence-corrected chi connectivity index (χ1v) is 4.22. The third-order valence-corrected chi connectivity index (χ3v) is 1.94. The zero-order valence-corrected chi connectivity index (χ0v) is 7.79. The molecule has 0 spiro atoms. The largest absolute Gasteiger partial charge is 0.295 e. The molecule has 0 atom stereocenters. The highest BCUT2D eigenvalue weighted by atomic mass is 16.1. The summed E-state index contributed by atoms with van der Waals surface area (Å²) in [5.41, 5.74) is 2.21. The predicted octanol–water partition coefficient (Wildman–Crippen LogP) is 2.32. The van der Waals surface area contributed by atoms with Gasteiger partial charge in [-0.25, -0.2) is 0 Å². The Bertz CT molecular complexity index is 374. The molecule has 0 aliphatic carbocycles. The van der Waals surface area contributed by atoms with E-state index in [9.17, 15) is 4.79 Å². The summed E-state index contributed by atoms with van der Waals surface area (Å²) in [7, 11) is 0. The van der Waals surface area contributed by atoms with Crippen molar-refractivity contribution in [3.8, 4) is 6.07 Å². The molecule has 1 aromatic carbocycles. The average Bonchev–Trinajstić information content (AvgIpc) is 2.16. The molecule has 0 saturated carbocycles. The number of nitrogens with zero attached hydrogens (tertiary/aromatic N) is 1. The Hall–Kier alpha value is -1.62. The number of rotatable bonds is 2. The topological polar surface area (TPSA) is 40.9 Å². The van der Waals surface area contributed by atoms with Gasteiger partial charge in [-0.2, -0.15) is 5.26 Å². The van der Waals surface area contributed by atoms with Gasteiger partial charge < -0.3 is 0 Å². The third-order valence-electron chi connectivity index (χ3n) is 1.94. The molecular formula is C11H11NO. The Morgan fingerprint density at radius 1 is 1.46 bits per heavy atom. The fourth-order valence-electron chi connectivity index (χ4n) is 1.16. The summed E-state index contributed by atoms with van der Waals surface area (Å²) in [6.45, 7) is 3.51. The number of benzene rings is 1. The van der Waals surface area contributed by atoms with Gasteiger partial charge in [-0.15, -0.1) is 0 Å². The molecule has 1 rings (SSSR count). The van der Waals surface area contributed by atoms with Crippen molar-refractivity contribution in [3.05, 3.63) is 34.9 Å². The lowest BCUT2D eigenvalue weighted by atomic mass is 10.0. The molecule has 0 aromatic heterocycles. The van der Waals surface area contributed by atoms with Crippen molar-refractivity contribution in [1.82, 2.24) is 0 Å². The van der Waals surface area contributed by atoms with Gasteiger partial charge in [0.25, 0.3) is 0 Å². The van der Waals surface area contributed by atoms with Crippen LogP contribution in [0.15, 0.2) is 18.2 Å². The second kappa shape index (κ2) is 3.86. The maximum Gasteiger partial charge on any atom is 0.159 e. The second-order valence-electron chi connectivity index (χ2n) is 2.94. The van der Waals surface area contributed by atoms with Gasteiger partial charge in [-0.05, 0) is 37.1 Å². The summed E-state index contributed by atoms with van der Waals surface area (Å²) in [6, 6.07) is 7.32. The number of hydrogen-bond donors (Lipinski definition) is 0. The standard InChI is InChI=1S/C11H11NO/c1-3-9-4-10(7-12)6-11(5-9)8(2)13/h4-6H,3H2,1-2H3. The molecule has 13 heavy (non-hydrogen) atoms. The molecule has 0 unspecified atom stereocenters. The zero-order valence-electron chi connectivity index (χ0n) is 7.79. The summed E-state index contributed by atoms with van der Waals surface area (Å²) in [6.07, 6.45) is 0.843. The molecule has 1 aromatic rings. The lowest BCUT2D eigenvalue weighted by molar-refractivity contribution is 0.101. The molecule has 0 N–H and O–H groups in total. The highest BCUT2D eigenvalue weighted by molar-refractivity contribution is 5.94. The minimum atomic E-state index is 0.00630. The van der Waals surface area contributed by atoms with Crippen molar-refractivity contribution in [2.24, 2.45) is 0 Å². The van der Waals surface area contributed by atoms with Crippen LogP contribution >= 0.6 is 0 Å². The monoisotopic (exact) mass is 173 g/mol. The van der Waals surface area contributed by atoms with Gasteiger partial charge in [0.1, 0.15) is 0 Å². The highest BCUT2D eigenvalue weighted by Crippen LogP contribution is 2.10. The first kappa shape index (κ1) is 9.47. The third kappa shape index (κ3) is 2.16. The van der Waals surface area contributed by atoms with Crippen LogP contribution in [0.4, 0.5) is 0 Å². The van der Waals surface area contributed by atoms with Crippen molar-refractivity contribution in [1.29, 1.82) is 5.26 Å². The first-order chi connectivity index (χ1) is 6.17. The minimum absolute atomic E-state index is 0.00630. The van der Waals surface area contributed by atoms with Gasteiger partial charge in [-0.3, -0.25) is 4.79 Å². The number of ketones is 1. The quantitative estimate of drug-likeness (QED) is 0.644. The lowest BCUT2D eigenvalue weighted by Crippen LogP contribution is -1.95. The number of carbonyl (C=O) groups is 1. The molecule has 0 amide bonds. The summed E-state index contributed by atoms with van der Waals surface area (Å²) < 4.78 is 0. The van der Waals surface area contributed by atoms with E-state index in [1.807, 2.05) is 25.1 Å². The van der Waals surface area contributed by atoms with Crippen LogP contribution in [0, 0.1) is 11.3 Å². The van der Waals surface area contributed by atoms with Crippen LogP contribution in [0.1, 0.15) is 35.3 Å². The molecule has 0 bridgehead atoms. The fourth-order valence-corrected chi connectivity index (χ4v) is 1.16. The van der Waals surface area contributed by atoms with Crippen LogP contribution in [0.2, 0.25) is 0 Å². The second-order valence-corrected chi connectivity index (χ2v) is 2.94. The molecular weight excluding hydrogens is 162 g/mol. The van der Waals surface area contributed by atoms with E-state index in [0.29, 0.717) is 11.1 Å². The maximum absolute atomic E-state index is 11.1. The summed E-state index contributed by atoms with van der Waals surface area (Å²) in [4.78, 5) is 11.1. The molecule has 2 heteroatoms. The smallest absolute Gasteiger partial charge is 0.159 e. The molecule has 2 nitrogen and oxygen atoms in total. The van der Waals surface area contributed by atoms with Gasteiger partial charge >= 0.3 is 0 Å². The Kier molecular flexibility index (Phi) is 2.81. The zero-order chi connectivity index (χ0) is 9.84. The highest BCUT2D eigenvalue weighted by Gasteiger charge is 2.02. The van der Waals surface area contributed by atoms with E-state index < -0.39 is 0 Å². The Morgan fingerprint density at radius 3 is 2.62 bits per heavy atom. The van der Waals surface area contributed by atoms with Crippen LogP contribution in [-0.2, 0) is 6.42 Å². The van der Waals surface area contributed by atoms with Crippen molar-refractivity contribution >= 4 is 5.78 Å². The Morgan fingerprint density at radius 2 is 2.15 bits per heavy atom. The van der Waals surface area contributed by atoms with Crippen LogP contribution in [0.5, 0.6) is 0 Å². The van der Waals surface area contributed by atoms with E-state index in [2.05, 4.69) is 0 Å². The van der Waals surface area contributed by atoms with E-state index in [0.717, 1.165) is 12.0 Å². The van der Waals surface area contributed by atoms with Gasteiger partial charge in [0.05, 0.1) is 11.6 Å². The SMILES string of the molecule is CCc1cc(C#N)cc(C(C)=O)c1. The first-order valence-electron chi connectivity index (χ1n) is 4.22. The lowest BCUT2D eigenvalue weighted by Gasteiger charge is -2.00. The maximum atomic E-state index is 11.1. The Balaban J connectivity index is 3.24. The number of Topliss-reactive ketones (excluding diaryl/α,β-unsaturated/α-hetero) is 1. The van der Waals surface area contributed by atoms with E-state index in [1.165, 1.54) is 6.92 Å². The molecule has 0 heterocycles. The van der Waals surface area contributed by atoms with Crippen molar-refractivity contribution < 1.29 is 4.79 Å². The number of hydrogen-bond acceptors (Lipinski definition) is 2. The van der Waals surface area contributed by atoms with Gasteiger partial charge in [0.15, 0.2) is 5.78 Å². The summed E-state index contributed by atoms with van der Waals surface area (Å²) in [5.74, 6) is 0.00630. The van der Waals surface area contributed by atoms with Gasteiger partial charge in [0, 0.05) is 5.56 Å². The number of carbonyl (C=O) groups excluding carboxylic acids is 1. The van der Waals surface area contributed by atoms with E-state index in [1.54, 1.807) is 6.07 Å². The fraction of sp³-hybridized carbons (Fsp3) is 0.273. The normalized spacial score (nSPS) is 9.31. The van der Waals surface area contributed by atoms with Crippen LogP contribution < -0.4 is 0 Å². The molecule has 66 valence electrons. The molecule has 0 fully saturated rings. The van der Waals surface area contributed by atoms with Crippen molar-refractivity contribution in [2.75, 3.05) is 0 Å². The van der Waals surface area contributed by atoms with Crippen molar-refractivity contribution in [3.63, 3.8) is 0 Å². The van der Waals surface area contributed by atoms with Crippen molar-refractivity contribution in [2.45, 2.75) is 20.3 Å². The predicted molar refractivity (Wildman–Crippen MR) is 50.5 cm³/mol. The van der Waals surface area contributed by atoms with E-state index in [-0.39, 0.29) is 5.78 Å². The van der Waals surface area contributed by atoms with Crippen LogP contribution in [0.25, 0.3) is 0 Å². The van der Waals surface area contributed by atoms with Crippen LogP contribution in [-0.4, -0.2) is 5.78 Å². The van der Waals surface area contributed by atoms with Crippen LogP contribution in [0.3, 0.4) is 0 Å². The van der Waals surface area contributed by atoms with E-state index in [4.69, 9.17) is 5.26 Å². The van der Waals surface area contributed by atoms with Gasteiger partial charge in [0.2, 0.25) is 0 Å². The van der Waals surface area contributed by atoms with Gasteiger partial charge in [-0.1, -0.05) is 6.92 Å². The minimum Gasteiger partial charge on any atom is -0.295 e. The molecule has 0 radical (unpaired) electrons. The number of aryl methyl sites for hydroxylation is 1. The number of nitriles is 1. The Labute approximate surface area is 77.8 Å². The van der Waals surface area contributed by atoms with E-state index >= 15 is 0 Å². The molecule has 0 saturated heterocycles. The molecule has 0 aliphatic heterocycles. The average molecular weight is 173 g/mol. The summed E-state index contributed by atoms with van der Waals surface area (Å²) >= 11 is 0. The molecule has 0 aliphatic rings. The summed E-state index contributed by atoms with van der Waals surface area (Å²) in [5, 5.41) is 8.70.